The van der Waals surface area contributed by atoms with Gasteiger partial charge in [-0.25, -0.2) is 9.78 Å². The Morgan fingerprint density at radius 3 is 2.60 bits per heavy atom. The molecular weight excluding hydrogens is 386 g/mol. The van der Waals surface area contributed by atoms with Gasteiger partial charge >= 0.3 is 5.97 Å². The molecule has 0 unspecified atom stereocenters. The number of carbonyl (C=O) groups is 2. The van der Waals surface area contributed by atoms with Crippen LogP contribution in [0.2, 0.25) is 0 Å². The van der Waals surface area contributed by atoms with Gasteiger partial charge in [0.25, 0.3) is 0 Å². The number of aromatic nitrogens is 5. The van der Waals surface area contributed by atoms with Gasteiger partial charge in [0.1, 0.15) is 5.76 Å². The van der Waals surface area contributed by atoms with Gasteiger partial charge in [-0.2, -0.15) is 5.10 Å². The lowest BCUT2D eigenvalue weighted by molar-refractivity contribution is 0.0474. The van der Waals surface area contributed by atoms with Crippen LogP contribution in [0.5, 0.6) is 0 Å². The first-order chi connectivity index (χ1) is 14.3. The molecular formula is C21H21N5O4. The number of Topliss-reactive ketones (excluding diaryl/α,β-unsaturated/α-hetero) is 1. The highest BCUT2D eigenvalue weighted by atomic mass is 16.5. The molecule has 0 spiro atoms. The minimum absolute atomic E-state index is 0.273. The number of aryl methyl sites for hydroxylation is 4. The zero-order valence-electron chi connectivity index (χ0n) is 17.4. The predicted octanol–water partition coefficient (Wildman–Crippen LogP) is 3.02. The van der Waals surface area contributed by atoms with Crippen LogP contribution < -0.4 is 0 Å². The van der Waals surface area contributed by atoms with E-state index in [1.54, 1.807) is 36.9 Å². The number of hydrogen-bond acceptors (Lipinski definition) is 7. The number of esters is 1. The van der Waals surface area contributed by atoms with Crippen molar-refractivity contribution in [2.24, 2.45) is 7.05 Å². The van der Waals surface area contributed by atoms with Crippen molar-refractivity contribution in [3.63, 3.8) is 0 Å². The molecule has 0 aliphatic rings. The summed E-state index contributed by atoms with van der Waals surface area (Å²) in [7, 11) is 1.79. The fraction of sp³-hybridized carbons (Fsp3) is 0.286. The average molecular weight is 407 g/mol. The van der Waals surface area contributed by atoms with E-state index in [0.29, 0.717) is 28.5 Å². The van der Waals surface area contributed by atoms with E-state index in [-0.39, 0.29) is 18.0 Å². The van der Waals surface area contributed by atoms with E-state index in [2.05, 4.69) is 15.2 Å². The van der Waals surface area contributed by atoms with E-state index in [1.807, 2.05) is 25.3 Å². The van der Waals surface area contributed by atoms with E-state index in [1.165, 1.54) is 6.20 Å². The van der Waals surface area contributed by atoms with Crippen LogP contribution in [-0.2, 0) is 11.8 Å². The summed E-state index contributed by atoms with van der Waals surface area (Å²) in [4.78, 5) is 29.4. The smallest absolute Gasteiger partial charge is 0.340 e. The zero-order valence-corrected chi connectivity index (χ0v) is 17.4. The fourth-order valence-electron chi connectivity index (χ4n) is 3.57. The zero-order chi connectivity index (χ0) is 21.6. The number of pyridine rings is 1. The van der Waals surface area contributed by atoms with E-state index in [0.717, 1.165) is 16.8 Å². The molecule has 4 heterocycles. The first-order valence-electron chi connectivity index (χ1n) is 9.38. The Balaban J connectivity index is 1.51. The molecule has 9 nitrogen and oxygen atoms in total. The summed E-state index contributed by atoms with van der Waals surface area (Å²) in [6.45, 7) is 6.96. The van der Waals surface area contributed by atoms with Gasteiger partial charge < -0.3 is 9.26 Å². The number of hydrogen-bond donors (Lipinski definition) is 0. The lowest BCUT2D eigenvalue weighted by Crippen LogP contribution is -2.15. The molecule has 4 rings (SSSR count). The minimum Gasteiger partial charge on any atom is -0.454 e. The van der Waals surface area contributed by atoms with Crippen LogP contribution in [-0.4, -0.2) is 42.8 Å². The first-order valence-corrected chi connectivity index (χ1v) is 9.38. The minimum atomic E-state index is -0.609. The van der Waals surface area contributed by atoms with Crippen LogP contribution in [0.1, 0.15) is 43.6 Å². The van der Waals surface area contributed by atoms with Crippen molar-refractivity contribution >= 4 is 22.8 Å². The third kappa shape index (κ3) is 3.28. The molecule has 30 heavy (non-hydrogen) atoms. The summed E-state index contributed by atoms with van der Waals surface area (Å²) in [5, 5.41) is 9.06. The lowest BCUT2D eigenvalue weighted by Gasteiger charge is -2.06. The Hall–Kier alpha value is -3.75. The molecule has 0 aliphatic heterocycles. The van der Waals surface area contributed by atoms with Crippen molar-refractivity contribution in [3.8, 4) is 5.82 Å². The molecule has 9 heteroatoms. The molecule has 0 N–H and O–H groups in total. The molecule has 0 atom stereocenters. The van der Waals surface area contributed by atoms with E-state index < -0.39 is 5.97 Å². The van der Waals surface area contributed by atoms with Gasteiger partial charge in [0.2, 0.25) is 5.78 Å². The maximum atomic E-state index is 12.7. The molecule has 0 aliphatic carbocycles. The number of nitrogens with zero attached hydrogens (tertiary/aromatic N) is 5. The molecule has 154 valence electrons. The summed E-state index contributed by atoms with van der Waals surface area (Å²) in [5.74, 6) is 0.370. The summed E-state index contributed by atoms with van der Waals surface area (Å²) in [5.41, 5.74) is 3.72. The van der Waals surface area contributed by atoms with Crippen LogP contribution in [0.4, 0.5) is 0 Å². The lowest BCUT2D eigenvalue weighted by atomic mass is 10.1. The van der Waals surface area contributed by atoms with Crippen LogP contribution in [0.25, 0.3) is 16.9 Å². The summed E-state index contributed by atoms with van der Waals surface area (Å²) >= 11 is 0. The van der Waals surface area contributed by atoms with Gasteiger partial charge in [-0.15, -0.1) is 0 Å². The van der Waals surface area contributed by atoms with Crippen LogP contribution in [0, 0.1) is 27.7 Å². The predicted molar refractivity (Wildman–Crippen MR) is 108 cm³/mol. The third-order valence-electron chi connectivity index (χ3n) is 5.01. The van der Waals surface area contributed by atoms with Gasteiger partial charge in [0.05, 0.1) is 11.3 Å². The van der Waals surface area contributed by atoms with E-state index in [9.17, 15) is 9.59 Å². The first kappa shape index (κ1) is 19.6. The highest BCUT2D eigenvalue weighted by Crippen LogP contribution is 2.22. The Labute approximate surface area is 172 Å². The SMILES string of the molecule is Cc1cc(-n2c(C)cc(C(=O)COC(=O)c3cnc4c(c3)c(C)nn4C)c2C)no1. The second-order valence-corrected chi connectivity index (χ2v) is 7.22. The highest BCUT2D eigenvalue weighted by Gasteiger charge is 2.20. The van der Waals surface area contributed by atoms with Crippen molar-refractivity contribution in [1.29, 1.82) is 0 Å². The Kier molecular flexibility index (Phi) is 4.73. The summed E-state index contributed by atoms with van der Waals surface area (Å²) in [6, 6.07) is 5.22. The quantitative estimate of drug-likeness (QED) is 0.370. The average Bonchev–Trinajstić information content (AvgIpc) is 3.35. The normalized spacial score (nSPS) is 11.2. The molecule has 0 radical (unpaired) electrons. The maximum absolute atomic E-state index is 12.7. The Morgan fingerprint density at radius 1 is 1.13 bits per heavy atom. The van der Waals surface area contributed by atoms with Gasteiger partial charge in [-0.05, 0) is 39.8 Å². The maximum Gasteiger partial charge on any atom is 0.340 e. The summed E-state index contributed by atoms with van der Waals surface area (Å²) < 4.78 is 13.9. The monoisotopic (exact) mass is 407 g/mol. The third-order valence-corrected chi connectivity index (χ3v) is 5.01. The van der Waals surface area contributed by atoms with Crippen molar-refractivity contribution in [2.75, 3.05) is 6.61 Å². The number of carbonyl (C=O) groups excluding carboxylic acids is 2. The van der Waals surface area contributed by atoms with Crippen molar-refractivity contribution in [3.05, 3.63) is 58.4 Å². The Bertz CT molecular complexity index is 1290. The number of fused-ring (bicyclic) bond motifs is 1. The topological polar surface area (TPSA) is 105 Å². The standard InChI is InChI=1S/C21H21N5O4/c1-11-6-17(14(4)26(11)19-7-12(2)30-24-19)18(27)10-29-21(28)15-8-16-13(3)23-25(5)20(16)22-9-15/h6-9H,10H2,1-5H3. The van der Waals surface area contributed by atoms with E-state index >= 15 is 0 Å². The fourth-order valence-corrected chi connectivity index (χ4v) is 3.57. The van der Waals surface area contributed by atoms with Crippen LogP contribution in [0.3, 0.4) is 0 Å². The highest BCUT2D eigenvalue weighted by molar-refractivity contribution is 6.01. The molecule has 0 saturated carbocycles. The van der Waals surface area contributed by atoms with Crippen molar-refractivity contribution in [2.45, 2.75) is 27.7 Å². The second-order valence-electron chi connectivity index (χ2n) is 7.22. The van der Waals surface area contributed by atoms with Crippen molar-refractivity contribution < 1.29 is 18.8 Å². The summed E-state index contributed by atoms with van der Waals surface area (Å²) in [6.07, 6.45) is 1.43. The number of rotatable bonds is 5. The van der Waals surface area contributed by atoms with Crippen LogP contribution in [0.15, 0.2) is 28.9 Å². The van der Waals surface area contributed by atoms with Gasteiger partial charge in [0.15, 0.2) is 18.1 Å². The van der Waals surface area contributed by atoms with E-state index in [4.69, 9.17) is 9.26 Å². The van der Waals surface area contributed by atoms with Gasteiger partial charge in [-0.1, -0.05) is 5.16 Å². The molecule has 4 aromatic rings. The Morgan fingerprint density at radius 2 is 1.90 bits per heavy atom. The number of ketones is 1. The second kappa shape index (κ2) is 7.25. The molecule has 4 aromatic heterocycles. The molecule has 0 saturated heterocycles. The molecule has 0 bridgehead atoms. The molecule has 0 aromatic carbocycles. The number of ether oxygens (including phenoxy) is 1. The molecule has 0 fully saturated rings. The van der Waals surface area contributed by atoms with Gasteiger partial charge in [-0.3, -0.25) is 14.0 Å². The van der Waals surface area contributed by atoms with Gasteiger partial charge in [0, 0.05) is 41.6 Å². The largest absolute Gasteiger partial charge is 0.454 e. The molecule has 0 amide bonds. The van der Waals surface area contributed by atoms with Crippen molar-refractivity contribution in [1.82, 2.24) is 24.5 Å². The van der Waals surface area contributed by atoms with Crippen LogP contribution >= 0.6 is 0 Å².